The molecule has 19 heavy (non-hydrogen) atoms. The van der Waals surface area contributed by atoms with E-state index >= 15 is 0 Å². The maximum atomic E-state index is 11.7. The number of fused-ring (bicyclic) bond motifs is 1. The first-order chi connectivity index (χ1) is 8.77. The van der Waals surface area contributed by atoms with Gasteiger partial charge in [0.15, 0.2) is 0 Å². The Morgan fingerprint density at radius 3 is 2.58 bits per heavy atom. The van der Waals surface area contributed by atoms with E-state index in [1.54, 1.807) is 0 Å². The fourth-order valence-corrected chi connectivity index (χ4v) is 2.03. The molecule has 102 valence electrons. The van der Waals surface area contributed by atoms with E-state index in [0.717, 1.165) is 11.3 Å². The highest BCUT2D eigenvalue weighted by Gasteiger charge is 2.28. The number of hydrogen-bond acceptors (Lipinski definition) is 3. The third-order valence-electron chi connectivity index (χ3n) is 3.17. The molecule has 0 fully saturated rings. The van der Waals surface area contributed by atoms with Gasteiger partial charge in [0, 0.05) is 0 Å². The van der Waals surface area contributed by atoms with E-state index in [-0.39, 0.29) is 17.7 Å². The molecule has 0 spiro atoms. The van der Waals surface area contributed by atoms with Gasteiger partial charge < -0.3 is 15.7 Å². The molecular formula is C14H18N2O3. The molecule has 0 saturated carbocycles. The van der Waals surface area contributed by atoms with Crippen LogP contribution in [0.5, 0.6) is 0 Å². The maximum Gasteiger partial charge on any atom is 0.305 e. The Balaban J connectivity index is 2.31. The SMILES string of the molecule is CC(C)(C)c1ccc2c(c1)NC(CC(=O)O)C(=O)N2. The summed E-state index contributed by atoms with van der Waals surface area (Å²) in [6.07, 6.45) is -0.231. The van der Waals surface area contributed by atoms with Gasteiger partial charge in [-0.3, -0.25) is 9.59 Å². The van der Waals surface area contributed by atoms with Crippen LogP contribution in [0.3, 0.4) is 0 Å². The lowest BCUT2D eigenvalue weighted by atomic mass is 9.86. The van der Waals surface area contributed by atoms with Gasteiger partial charge in [-0.15, -0.1) is 0 Å². The first-order valence-corrected chi connectivity index (χ1v) is 6.21. The average molecular weight is 262 g/mol. The van der Waals surface area contributed by atoms with E-state index in [0.29, 0.717) is 5.69 Å². The Bertz CT molecular complexity index is 532. The first kappa shape index (κ1) is 13.4. The van der Waals surface area contributed by atoms with Crippen LogP contribution in [0, 0.1) is 0 Å². The molecule has 1 heterocycles. The molecule has 1 aliphatic rings. The third kappa shape index (κ3) is 2.86. The van der Waals surface area contributed by atoms with Crippen molar-refractivity contribution in [2.24, 2.45) is 0 Å². The van der Waals surface area contributed by atoms with E-state index in [2.05, 4.69) is 31.4 Å². The van der Waals surface area contributed by atoms with Crippen LogP contribution in [0.1, 0.15) is 32.8 Å². The molecule has 2 rings (SSSR count). The molecule has 0 saturated heterocycles. The van der Waals surface area contributed by atoms with Crippen LogP contribution < -0.4 is 10.6 Å². The number of hydrogen-bond donors (Lipinski definition) is 3. The van der Waals surface area contributed by atoms with Crippen molar-refractivity contribution in [1.29, 1.82) is 0 Å². The first-order valence-electron chi connectivity index (χ1n) is 6.21. The van der Waals surface area contributed by atoms with Crippen LogP contribution in [-0.2, 0) is 15.0 Å². The van der Waals surface area contributed by atoms with E-state index in [4.69, 9.17) is 5.11 Å². The second kappa shape index (κ2) is 4.57. The molecule has 1 aliphatic heterocycles. The van der Waals surface area contributed by atoms with Crippen molar-refractivity contribution in [2.45, 2.75) is 38.6 Å². The van der Waals surface area contributed by atoms with Crippen LogP contribution >= 0.6 is 0 Å². The summed E-state index contributed by atoms with van der Waals surface area (Å²) < 4.78 is 0. The zero-order chi connectivity index (χ0) is 14.2. The molecule has 0 aromatic heterocycles. The summed E-state index contributed by atoms with van der Waals surface area (Å²) in [7, 11) is 0. The van der Waals surface area contributed by atoms with Crippen LogP contribution in [0.4, 0.5) is 11.4 Å². The van der Waals surface area contributed by atoms with Crippen molar-refractivity contribution in [3.05, 3.63) is 23.8 Å². The highest BCUT2D eigenvalue weighted by molar-refractivity contribution is 6.04. The Morgan fingerprint density at radius 1 is 1.32 bits per heavy atom. The summed E-state index contributed by atoms with van der Waals surface area (Å²) >= 11 is 0. The molecule has 3 N–H and O–H groups in total. The molecule has 0 bridgehead atoms. The number of carboxylic acid groups (broad SMARTS) is 1. The van der Waals surface area contributed by atoms with E-state index in [1.807, 2.05) is 18.2 Å². The van der Waals surface area contributed by atoms with Crippen molar-refractivity contribution >= 4 is 23.3 Å². The lowest BCUT2D eigenvalue weighted by Crippen LogP contribution is -2.40. The minimum absolute atomic E-state index is 0.000457. The maximum absolute atomic E-state index is 11.7. The fraction of sp³-hybridized carbons (Fsp3) is 0.429. The number of rotatable bonds is 2. The number of nitrogens with one attached hydrogen (secondary N) is 2. The molecule has 1 atom stereocenters. The van der Waals surface area contributed by atoms with Gasteiger partial charge in [0.25, 0.3) is 0 Å². The predicted octanol–water partition coefficient (Wildman–Crippen LogP) is 2.19. The molecular weight excluding hydrogens is 244 g/mol. The molecule has 1 unspecified atom stereocenters. The van der Waals surface area contributed by atoms with Crippen molar-refractivity contribution in [1.82, 2.24) is 0 Å². The summed E-state index contributed by atoms with van der Waals surface area (Å²) in [5.74, 6) is -1.30. The van der Waals surface area contributed by atoms with E-state index < -0.39 is 12.0 Å². The predicted molar refractivity (Wildman–Crippen MR) is 73.4 cm³/mol. The topological polar surface area (TPSA) is 78.4 Å². The lowest BCUT2D eigenvalue weighted by molar-refractivity contribution is -0.138. The van der Waals surface area contributed by atoms with E-state index in [9.17, 15) is 9.59 Å². The van der Waals surface area contributed by atoms with Gasteiger partial charge >= 0.3 is 5.97 Å². The van der Waals surface area contributed by atoms with Gasteiger partial charge in [-0.25, -0.2) is 0 Å². The largest absolute Gasteiger partial charge is 0.481 e. The Hall–Kier alpha value is -2.04. The Morgan fingerprint density at radius 2 is 2.00 bits per heavy atom. The summed E-state index contributed by atoms with van der Waals surface area (Å²) in [5.41, 5.74) is 2.60. The average Bonchev–Trinajstić information content (AvgIpc) is 2.27. The standard InChI is InChI=1S/C14H18N2O3/c1-14(2,3)8-4-5-9-10(6-8)15-11(7-12(17)18)13(19)16-9/h4-6,11,15H,7H2,1-3H3,(H,16,19)(H,17,18). The molecule has 5 heteroatoms. The molecule has 0 aliphatic carbocycles. The fourth-order valence-electron chi connectivity index (χ4n) is 2.03. The lowest BCUT2D eigenvalue weighted by Gasteiger charge is -2.28. The molecule has 5 nitrogen and oxygen atoms in total. The summed E-state index contributed by atoms with van der Waals surface area (Å²) in [6.45, 7) is 6.31. The van der Waals surface area contributed by atoms with Crippen molar-refractivity contribution in [2.75, 3.05) is 10.6 Å². The van der Waals surface area contributed by atoms with Gasteiger partial charge in [-0.2, -0.15) is 0 Å². The Labute approximate surface area is 112 Å². The highest BCUT2D eigenvalue weighted by atomic mass is 16.4. The number of benzene rings is 1. The summed E-state index contributed by atoms with van der Waals surface area (Å²) in [4.78, 5) is 22.5. The summed E-state index contributed by atoms with van der Waals surface area (Å²) in [5, 5.41) is 14.5. The van der Waals surface area contributed by atoms with E-state index in [1.165, 1.54) is 0 Å². The van der Waals surface area contributed by atoms with Crippen LogP contribution in [0.25, 0.3) is 0 Å². The second-order valence-electron chi connectivity index (χ2n) is 5.79. The quantitative estimate of drug-likeness (QED) is 0.763. The van der Waals surface area contributed by atoms with Crippen LogP contribution in [0.15, 0.2) is 18.2 Å². The number of carboxylic acids is 1. The van der Waals surface area contributed by atoms with Gasteiger partial charge in [0.2, 0.25) is 5.91 Å². The normalized spacial score (nSPS) is 18.3. The highest BCUT2D eigenvalue weighted by Crippen LogP contribution is 2.32. The molecule has 1 aromatic rings. The number of carbonyl (C=O) groups excluding carboxylic acids is 1. The van der Waals surface area contributed by atoms with Crippen LogP contribution in [0.2, 0.25) is 0 Å². The number of amides is 1. The zero-order valence-corrected chi connectivity index (χ0v) is 11.3. The van der Waals surface area contributed by atoms with Gasteiger partial charge in [-0.1, -0.05) is 26.8 Å². The minimum Gasteiger partial charge on any atom is -0.481 e. The number of aliphatic carboxylic acids is 1. The monoisotopic (exact) mass is 262 g/mol. The zero-order valence-electron chi connectivity index (χ0n) is 11.3. The number of anilines is 2. The van der Waals surface area contributed by atoms with Crippen LogP contribution in [-0.4, -0.2) is 23.0 Å². The van der Waals surface area contributed by atoms with Gasteiger partial charge in [0.1, 0.15) is 6.04 Å². The molecule has 0 radical (unpaired) electrons. The van der Waals surface area contributed by atoms with Gasteiger partial charge in [-0.05, 0) is 23.1 Å². The second-order valence-corrected chi connectivity index (χ2v) is 5.79. The Kier molecular flexibility index (Phi) is 3.22. The smallest absolute Gasteiger partial charge is 0.305 e. The molecule has 1 amide bonds. The summed E-state index contributed by atoms with van der Waals surface area (Å²) in [6, 6.07) is 5.06. The van der Waals surface area contributed by atoms with Gasteiger partial charge in [0.05, 0.1) is 17.8 Å². The third-order valence-corrected chi connectivity index (χ3v) is 3.17. The minimum atomic E-state index is -0.997. The number of carbonyl (C=O) groups is 2. The van der Waals surface area contributed by atoms with Crippen molar-refractivity contribution < 1.29 is 14.7 Å². The molecule has 1 aromatic carbocycles. The van der Waals surface area contributed by atoms with Crippen molar-refractivity contribution in [3.8, 4) is 0 Å². The van der Waals surface area contributed by atoms with Crippen molar-refractivity contribution in [3.63, 3.8) is 0 Å².